The molecular formula is C45H84O6. The van der Waals surface area contributed by atoms with Crippen LogP contribution in [0.25, 0.3) is 0 Å². The van der Waals surface area contributed by atoms with Crippen molar-refractivity contribution in [3.8, 4) is 0 Å². The number of hydrogen-bond acceptors (Lipinski definition) is 5. The van der Waals surface area contributed by atoms with Gasteiger partial charge in [-0.25, -0.2) is 0 Å². The van der Waals surface area contributed by atoms with E-state index in [0.29, 0.717) is 32.5 Å². The Morgan fingerprint density at radius 3 is 0.882 bits per heavy atom. The smallest absolute Gasteiger partial charge is 0.309 e. The molecule has 1 fully saturated rings. The third-order valence-electron chi connectivity index (χ3n) is 11.3. The van der Waals surface area contributed by atoms with Gasteiger partial charge in [0.25, 0.3) is 0 Å². The number of carboxylic acid groups (broad SMARTS) is 1. The van der Waals surface area contributed by atoms with Crippen molar-refractivity contribution in [3.63, 3.8) is 0 Å². The Kier molecular flexibility index (Phi) is 33.0. The van der Waals surface area contributed by atoms with Gasteiger partial charge in [-0.1, -0.05) is 213 Å². The van der Waals surface area contributed by atoms with Gasteiger partial charge >= 0.3 is 17.9 Å². The maximum absolute atomic E-state index is 12.9. The second-order valence-electron chi connectivity index (χ2n) is 15.9. The molecule has 2 atom stereocenters. The van der Waals surface area contributed by atoms with E-state index in [1.165, 1.54) is 167 Å². The van der Waals surface area contributed by atoms with Crippen LogP contribution in [0.5, 0.6) is 0 Å². The van der Waals surface area contributed by atoms with E-state index in [9.17, 15) is 19.5 Å². The van der Waals surface area contributed by atoms with Gasteiger partial charge in [0.1, 0.15) is 0 Å². The van der Waals surface area contributed by atoms with Crippen LogP contribution in [-0.2, 0) is 23.9 Å². The van der Waals surface area contributed by atoms with Crippen molar-refractivity contribution in [3.05, 3.63) is 0 Å². The van der Waals surface area contributed by atoms with Gasteiger partial charge < -0.3 is 14.6 Å². The number of carbonyl (C=O) groups excluding carboxylic acids is 2. The van der Waals surface area contributed by atoms with Gasteiger partial charge in [0.15, 0.2) is 0 Å². The first kappa shape index (κ1) is 47.4. The van der Waals surface area contributed by atoms with Gasteiger partial charge in [-0.05, 0) is 25.7 Å². The highest BCUT2D eigenvalue weighted by Gasteiger charge is 2.46. The summed E-state index contributed by atoms with van der Waals surface area (Å²) >= 11 is 0. The Balaban J connectivity index is 2.07. The summed E-state index contributed by atoms with van der Waals surface area (Å²) in [4.78, 5) is 38.1. The van der Waals surface area contributed by atoms with Gasteiger partial charge in [0.05, 0.1) is 31.0 Å². The molecule has 6 nitrogen and oxygen atoms in total. The average molecular weight is 721 g/mol. The number of esters is 2. The fourth-order valence-electron chi connectivity index (χ4n) is 7.93. The van der Waals surface area contributed by atoms with Crippen molar-refractivity contribution in [2.75, 3.05) is 13.2 Å². The van der Waals surface area contributed by atoms with Crippen LogP contribution in [0.15, 0.2) is 0 Å². The molecule has 0 bridgehead atoms. The largest absolute Gasteiger partial charge is 0.481 e. The lowest BCUT2D eigenvalue weighted by Gasteiger charge is -2.32. The molecule has 0 aromatic carbocycles. The molecule has 51 heavy (non-hydrogen) atoms. The maximum atomic E-state index is 12.9. The second-order valence-corrected chi connectivity index (χ2v) is 15.9. The molecule has 0 saturated heterocycles. The van der Waals surface area contributed by atoms with Crippen LogP contribution >= 0.6 is 0 Å². The van der Waals surface area contributed by atoms with Crippen LogP contribution in [0.3, 0.4) is 0 Å². The zero-order chi connectivity index (χ0) is 37.0. The zero-order valence-corrected chi connectivity index (χ0v) is 33.9. The molecule has 0 heterocycles. The lowest BCUT2D eigenvalue weighted by atomic mass is 9.72. The molecule has 0 amide bonds. The SMILES string of the molecule is CCCCCCCCCCCCCCCCCCOC(=O)C1CCCC(C(=O)OCCCCCCCCCCCCCCCCCC)C1C(=O)O. The first-order valence-electron chi connectivity index (χ1n) is 22.6. The van der Waals surface area contributed by atoms with Gasteiger partial charge in [-0.3, -0.25) is 14.4 Å². The maximum Gasteiger partial charge on any atom is 0.309 e. The standard InChI is InChI=1S/C45H84O6/c1-3-5-7-9-11-13-15-17-19-21-23-25-27-29-31-33-38-50-44(48)40-36-35-37-41(42(40)43(46)47)45(49)51-39-34-32-30-28-26-24-22-20-18-16-14-12-10-8-6-4-2/h40-42H,3-39H2,1-2H3,(H,46,47). The van der Waals surface area contributed by atoms with Crippen molar-refractivity contribution in [2.45, 2.75) is 239 Å². The van der Waals surface area contributed by atoms with Crippen LogP contribution in [0.4, 0.5) is 0 Å². The van der Waals surface area contributed by atoms with Crippen molar-refractivity contribution < 1.29 is 29.0 Å². The van der Waals surface area contributed by atoms with Crippen LogP contribution in [0.1, 0.15) is 239 Å². The van der Waals surface area contributed by atoms with Gasteiger partial charge in [0.2, 0.25) is 0 Å². The van der Waals surface area contributed by atoms with Crippen LogP contribution in [0, 0.1) is 17.8 Å². The minimum absolute atomic E-state index is 0.328. The third-order valence-corrected chi connectivity index (χ3v) is 11.3. The van der Waals surface area contributed by atoms with Crippen molar-refractivity contribution in [1.82, 2.24) is 0 Å². The highest BCUT2D eigenvalue weighted by molar-refractivity contribution is 5.86. The molecule has 1 saturated carbocycles. The minimum atomic E-state index is -1.09. The van der Waals surface area contributed by atoms with E-state index in [2.05, 4.69) is 13.8 Å². The Morgan fingerprint density at radius 2 is 0.647 bits per heavy atom. The van der Waals surface area contributed by atoms with Crippen molar-refractivity contribution in [1.29, 1.82) is 0 Å². The van der Waals surface area contributed by atoms with E-state index < -0.39 is 35.7 Å². The number of hydrogen-bond donors (Lipinski definition) is 1. The fourth-order valence-corrected chi connectivity index (χ4v) is 7.93. The summed E-state index contributed by atoms with van der Waals surface area (Å²) in [7, 11) is 0. The fraction of sp³-hybridized carbons (Fsp3) is 0.933. The second kappa shape index (κ2) is 35.4. The number of carboxylic acids is 1. The molecule has 2 unspecified atom stereocenters. The summed E-state index contributed by atoms with van der Waals surface area (Å²) in [6, 6.07) is 0. The van der Waals surface area contributed by atoms with E-state index in [1.807, 2.05) is 0 Å². The quantitative estimate of drug-likeness (QED) is 0.0507. The van der Waals surface area contributed by atoms with Crippen LogP contribution in [-0.4, -0.2) is 36.2 Å². The zero-order valence-electron chi connectivity index (χ0n) is 33.9. The Labute approximate surface area is 315 Å². The molecule has 1 N–H and O–H groups in total. The van der Waals surface area contributed by atoms with E-state index in [-0.39, 0.29) is 0 Å². The molecule has 0 aromatic heterocycles. The molecule has 0 aromatic rings. The summed E-state index contributed by atoms with van der Waals surface area (Å²) in [5.41, 5.74) is 0. The number of aliphatic carboxylic acids is 1. The topological polar surface area (TPSA) is 89.9 Å². The number of unbranched alkanes of at least 4 members (excludes halogenated alkanes) is 30. The predicted octanol–water partition coefficient (Wildman–Crippen LogP) is 13.7. The lowest BCUT2D eigenvalue weighted by Crippen LogP contribution is -2.43. The summed E-state index contributed by atoms with van der Waals surface area (Å²) in [6.45, 7) is 5.20. The van der Waals surface area contributed by atoms with E-state index in [1.54, 1.807) is 0 Å². The summed E-state index contributed by atoms with van der Waals surface area (Å²) in [6.07, 6.45) is 42.7. The number of carbonyl (C=O) groups is 3. The first-order valence-corrected chi connectivity index (χ1v) is 22.6. The van der Waals surface area contributed by atoms with Crippen molar-refractivity contribution >= 4 is 17.9 Å². The summed E-state index contributed by atoms with van der Waals surface area (Å²) in [5, 5.41) is 10.0. The molecule has 0 spiro atoms. The third kappa shape index (κ3) is 26.8. The first-order chi connectivity index (χ1) is 25.0. The van der Waals surface area contributed by atoms with E-state index in [4.69, 9.17) is 9.47 Å². The van der Waals surface area contributed by atoms with Gasteiger partial charge in [-0.15, -0.1) is 0 Å². The predicted molar refractivity (Wildman–Crippen MR) is 213 cm³/mol. The van der Waals surface area contributed by atoms with E-state index in [0.717, 1.165) is 38.5 Å². The Morgan fingerprint density at radius 1 is 0.412 bits per heavy atom. The molecule has 300 valence electrons. The molecule has 6 heteroatoms. The molecule has 1 aliphatic carbocycles. The molecular weight excluding hydrogens is 636 g/mol. The molecule has 1 aliphatic rings. The number of ether oxygens (including phenoxy) is 2. The van der Waals surface area contributed by atoms with Crippen molar-refractivity contribution in [2.24, 2.45) is 17.8 Å². The molecule has 0 aliphatic heterocycles. The Hall–Kier alpha value is -1.59. The monoisotopic (exact) mass is 721 g/mol. The molecule has 1 rings (SSSR count). The normalized spacial score (nSPS) is 17.4. The van der Waals surface area contributed by atoms with Gasteiger partial charge in [-0.2, -0.15) is 0 Å². The molecule has 0 radical (unpaired) electrons. The van der Waals surface area contributed by atoms with Crippen LogP contribution in [0.2, 0.25) is 0 Å². The van der Waals surface area contributed by atoms with E-state index >= 15 is 0 Å². The summed E-state index contributed by atoms with van der Waals surface area (Å²) < 4.78 is 11.1. The summed E-state index contributed by atoms with van der Waals surface area (Å²) in [5.74, 6) is -4.62. The lowest BCUT2D eigenvalue weighted by molar-refractivity contribution is -0.169. The minimum Gasteiger partial charge on any atom is -0.481 e. The van der Waals surface area contributed by atoms with Crippen LogP contribution < -0.4 is 0 Å². The average Bonchev–Trinajstić information content (AvgIpc) is 3.13. The van der Waals surface area contributed by atoms with Gasteiger partial charge in [0, 0.05) is 0 Å². The highest BCUT2D eigenvalue weighted by Crippen LogP contribution is 2.37. The highest BCUT2D eigenvalue weighted by atomic mass is 16.5. The Bertz CT molecular complexity index is 755. The number of rotatable bonds is 37.